The highest BCUT2D eigenvalue weighted by Gasteiger charge is 2.55. The van der Waals surface area contributed by atoms with E-state index in [-0.39, 0.29) is 11.5 Å². The highest BCUT2D eigenvalue weighted by Crippen LogP contribution is 2.42. The van der Waals surface area contributed by atoms with Gasteiger partial charge in [0.1, 0.15) is 11.4 Å². The van der Waals surface area contributed by atoms with E-state index in [2.05, 4.69) is 4.98 Å². The molecule has 2 saturated heterocycles. The number of carbonyl (C=O) groups excluding carboxylic acids is 1. The largest absolute Gasteiger partial charge is 0.492 e. The Balaban J connectivity index is 1.33. The van der Waals surface area contributed by atoms with Gasteiger partial charge in [0.15, 0.2) is 0 Å². The Bertz CT molecular complexity index is 538. The zero-order chi connectivity index (χ0) is 15.0. The third-order valence-corrected chi connectivity index (χ3v) is 5.37. The average molecular weight is 302 g/mol. The number of ether oxygens (including phenoxy) is 2. The minimum absolute atomic E-state index is 0.165. The number of carbonyl (C=O) groups is 1. The van der Waals surface area contributed by atoms with Gasteiger partial charge in [0.05, 0.1) is 25.9 Å². The number of pyridine rings is 1. The number of amides is 1. The molecule has 3 heterocycles. The molecule has 1 aromatic heterocycles. The van der Waals surface area contributed by atoms with Crippen molar-refractivity contribution in [2.75, 3.05) is 26.3 Å². The first-order valence-electron chi connectivity index (χ1n) is 8.22. The van der Waals surface area contributed by atoms with Crippen LogP contribution in [0.1, 0.15) is 25.7 Å². The van der Waals surface area contributed by atoms with Crippen LogP contribution in [0.25, 0.3) is 0 Å². The van der Waals surface area contributed by atoms with Crippen LogP contribution in [0.15, 0.2) is 24.5 Å². The summed E-state index contributed by atoms with van der Waals surface area (Å²) in [6, 6.07) is 3.79. The Morgan fingerprint density at radius 1 is 1.41 bits per heavy atom. The van der Waals surface area contributed by atoms with Crippen molar-refractivity contribution in [2.24, 2.45) is 11.8 Å². The predicted molar refractivity (Wildman–Crippen MR) is 80.4 cm³/mol. The van der Waals surface area contributed by atoms with Crippen LogP contribution in [0.5, 0.6) is 5.75 Å². The van der Waals surface area contributed by atoms with Crippen LogP contribution in [-0.2, 0) is 9.53 Å². The standard InChI is InChI=1S/C17H22N2O3/c20-16(13-3-1-4-13)19-11-17(12-19)14(6-8-22-17)10-21-15-5-2-7-18-9-15/h2,5,7,9,13-14H,1,3-4,6,8,10-12H2/t14-/m0/s1. The number of hydrogen-bond donors (Lipinski definition) is 0. The molecule has 1 aliphatic carbocycles. The summed E-state index contributed by atoms with van der Waals surface area (Å²) in [4.78, 5) is 18.3. The molecule has 0 N–H and O–H groups in total. The van der Waals surface area contributed by atoms with Crippen LogP contribution < -0.4 is 4.74 Å². The number of hydrogen-bond acceptors (Lipinski definition) is 4. The summed E-state index contributed by atoms with van der Waals surface area (Å²) < 4.78 is 11.9. The van der Waals surface area contributed by atoms with Gasteiger partial charge in [-0.1, -0.05) is 6.42 Å². The van der Waals surface area contributed by atoms with E-state index in [1.165, 1.54) is 6.42 Å². The molecule has 2 aliphatic heterocycles. The van der Waals surface area contributed by atoms with Crippen molar-refractivity contribution in [2.45, 2.75) is 31.3 Å². The van der Waals surface area contributed by atoms with Gasteiger partial charge in [0.25, 0.3) is 0 Å². The van der Waals surface area contributed by atoms with Crippen molar-refractivity contribution in [1.82, 2.24) is 9.88 Å². The summed E-state index contributed by atoms with van der Waals surface area (Å²) in [7, 11) is 0. The molecule has 5 nitrogen and oxygen atoms in total. The molecule has 3 aliphatic rings. The van der Waals surface area contributed by atoms with Gasteiger partial charge in [0.2, 0.25) is 5.91 Å². The van der Waals surface area contributed by atoms with Gasteiger partial charge in [-0.15, -0.1) is 0 Å². The van der Waals surface area contributed by atoms with Crippen LogP contribution in [0.4, 0.5) is 0 Å². The van der Waals surface area contributed by atoms with Crippen LogP contribution >= 0.6 is 0 Å². The van der Waals surface area contributed by atoms with Crippen molar-refractivity contribution >= 4 is 5.91 Å². The first-order valence-corrected chi connectivity index (χ1v) is 8.22. The third kappa shape index (κ3) is 2.37. The molecule has 1 spiro atoms. The molecule has 118 valence electrons. The second kappa shape index (κ2) is 5.54. The number of nitrogens with zero attached hydrogens (tertiary/aromatic N) is 2. The van der Waals surface area contributed by atoms with Crippen molar-refractivity contribution in [1.29, 1.82) is 0 Å². The lowest BCUT2D eigenvalue weighted by Gasteiger charge is -2.51. The van der Waals surface area contributed by atoms with E-state index in [4.69, 9.17) is 9.47 Å². The molecule has 3 fully saturated rings. The van der Waals surface area contributed by atoms with Gasteiger partial charge in [0, 0.05) is 24.6 Å². The Hall–Kier alpha value is -1.62. The molecule has 1 atom stereocenters. The summed E-state index contributed by atoms with van der Waals surface area (Å²) in [6.45, 7) is 2.89. The molecule has 4 rings (SSSR count). The van der Waals surface area contributed by atoms with Crippen LogP contribution in [0.2, 0.25) is 0 Å². The smallest absolute Gasteiger partial charge is 0.225 e. The Morgan fingerprint density at radius 3 is 2.95 bits per heavy atom. The van der Waals surface area contributed by atoms with Gasteiger partial charge in [-0.05, 0) is 31.4 Å². The lowest BCUT2D eigenvalue weighted by molar-refractivity contribution is -0.172. The van der Waals surface area contributed by atoms with Crippen molar-refractivity contribution in [3.05, 3.63) is 24.5 Å². The third-order valence-electron chi connectivity index (χ3n) is 5.37. The maximum atomic E-state index is 12.3. The van der Waals surface area contributed by atoms with Crippen LogP contribution in [-0.4, -0.2) is 47.7 Å². The summed E-state index contributed by atoms with van der Waals surface area (Å²) in [5.74, 6) is 1.77. The molecule has 0 aromatic carbocycles. The molecule has 0 bridgehead atoms. The fourth-order valence-corrected chi connectivity index (χ4v) is 3.67. The molecule has 22 heavy (non-hydrogen) atoms. The number of rotatable bonds is 4. The van der Waals surface area contributed by atoms with E-state index in [1.54, 1.807) is 12.4 Å². The zero-order valence-corrected chi connectivity index (χ0v) is 12.7. The Kier molecular flexibility index (Phi) is 3.53. The Labute approximate surface area is 130 Å². The molecule has 0 radical (unpaired) electrons. The number of aromatic nitrogens is 1. The van der Waals surface area contributed by atoms with E-state index in [0.29, 0.717) is 18.4 Å². The molecule has 1 saturated carbocycles. The quantitative estimate of drug-likeness (QED) is 0.852. The predicted octanol–water partition coefficient (Wildman–Crippen LogP) is 1.88. The average Bonchev–Trinajstić information content (AvgIpc) is 2.86. The summed E-state index contributed by atoms with van der Waals surface area (Å²) in [5, 5.41) is 0. The second-order valence-corrected chi connectivity index (χ2v) is 6.72. The van der Waals surface area contributed by atoms with Gasteiger partial charge in [-0.25, -0.2) is 0 Å². The second-order valence-electron chi connectivity index (χ2n) is 6.72. The van der Waals surface area contributed by atoms with Crippen LogP contribution in [0.3, 0.4) is 0 Å². The molecule has 0 unspecified atom stereocenters. The molecule has 1 aromatic rings. The number of likely N-dealkylation sites (tertiary alicyclic amines) is 1. The first kappa shape index (κ1) is 14.0. The highest BCUT2D eigenvalue weighted by molar-refractivity contribution is 5.80. The van der Waals surface area contributed by atoms with E-state index < -0.39 is 0 Å². The van der Waals surface area contributed by atoms with Crippen LogP contribution in [0, 0.1) is 11.8 Å². The van der Waals surface area contributed by atoms with E-state index in [0.717, 1.165) is 44.7 Å². The summed E-state index contributed by atoms with van der Waals surface area (Å²) in [5.41, 5.74) is -0.165. The fraction of sp³-hybridized carbons (Fsp3) is 0.647. The topological polar surface area (TPSA) is 51.7 Å². The maximum Gasteiger partial charge on any atom is 0.225 e. The van der Waals surface area contributed by atoms with E-state index in [9.17, 15) is 4.79 Å². The van der Waals surface area contributed by atoms with Crippen molar-refractivity contribution < 1.29 is 14.3 Å². The van der Waals surface area contributed by atoms with Crippen molar-refractivity contribution in [3.63, 3.8) is 0 Å². The van der Waals surface area contributed by atoms with E-state index in [1.807, 2.05) is 17.0 Å². The normalized spacial score (nSPS) is 26.5. The lowest BCUT2D eigenvalue weighted by Crippen LogP contribution is -2.67. The minimum Gasteiger partial charge on any atom is -0.492 e. The van der Waals surface area contributed by atoms with Gasteiger partial charge in [-0.2, -0.15) is 0 Å². The molecule has 5 heteroatoms. The minimum atomic E-state index is -0.165. The zero-order valence-electron chi connectivity index (χ0n) is 12.7. The van der Waals surface area contributed by atoms with Gasteiger partial charge < -0.3 is 14.4 Å². The summed E-state index contributed by atoms with van der Waals surface area (Å²) >= 11 is 0. The Morgan fingerprint density at radius 2 is 2.27 bits per heavy atom. The molecular formula is C17H22N2O3. The molecular weight excluding hydrogens is 280 g/mol. The van der Waals surface area contributed by atoms with Gasteiger partial charge >= 0.3 is 0 Å². The highest BCUT2D eigenvalue weighted by atomic mass is 16.5. The SMILES string of the molecule is O=C(C1CCC1)N1CC2(C1)OCC[C@H]2COc1cccnc1. The molecule has 1 amide bonds. The lowest BCUT2D eigenvalue weighted by atomic mass is 9.78. The fourth-order valence-electron chi connectivity index (χ4n) is 3.67. The van der Waals surface area contributed by atoms with Gasteiger partial charge in [-0.3, -0.25) is 9.78 Å². The monoisotopic (exact) mass is 302 g/mol. The first-order chi connectivity index (χ1) is 10.8. The van der Waals surface area contributed by atoms with Crippen molar-refractivity contribution in [3.8, 4) is 5.75 Å². The van der Waals surface area contributed by atoms with E-state index >= 15 is 0 Å². The maximum absolute atomic E-state index is 12.3. The summed E-state index contributed by atoms with van der Waals surface area (Å²) in [6.07, 6.45) is 7.81.